The van der Waals surface area contributed by atoms with Crippen molar-refractivity contribution in [2.75, 3.05) is 37.4 Å². The van der Waals surface area contributed by atoms with Crippen LogP contribution in [-0.2, 0) is 7.05 Å². The molecule has 0 saturated heterocycles. The number of aliphatic hydroxyl groups excluding tert-OH is 1. The summed E-state index contributed by atoms with van der Waals surface area (Å²) in [6.07, 6.45) is 13.7. The summed E-state index contributed by atoms with van der Waals surface area (Å²) in [6.45, 7) is 1.85. The number of hydrogen-bond donors (Lipinski definition) is 3. The normalized spacial score (nSPS) is 20.0. The molecule has 49 heavy (non-hydrogen) atoms. The third-order valence-corrected chi connectivity index (χ3v) is 11.3. The Balaban J connectivity index is 0.975. The van der Waals surface area contributed by atoms with E-state index >= 15 is 0 Å². The summed E-state index contributed by atoms with van der Waals surface area (Å²) >= 11 is 0. The van der Waals surface area contributed by atoms with Gasteiger partial charge in [-0.25, -0.2) is 4.98 Å². The van der Waals surface area contributed by atoms with Gasteiger partial charge in [-0.15, -0.1) is 0 Å². The Hall–Kier alpha value is -3.94. The maximum atomic E-state index is 11.6. The van der Waals surface area contributed by atoms with E-state index in [1.165, 1.54) is 67.0 Å². The first-order valence-electron chi connectivity index (χ1n) is 18.7. The lowest BCUT2D eigenvalue weighted by molar-refractivity contribution is 0.156. The minimum Gasteiger partial charge on any atom is -0.388 e. The zero-order valence-electron chi connectivity index (χ0n) is 29.6. The molecule has 258 valence electrons. The number of rotatable bonds is 12. The SMILES string of the molecule is CN(C)c1nc(N[C@H]2CC[C@@H](CNCC(CC(O)c3ccc(C4CCCCC4)cc3)c3cn(C)c4ccccc34)CC2)nc2ccccc12. The van der Waals surface area contributed by atoms with Crippen LogP contribution in [-0.4, -0.2) is 52.9 Å². The highest BCUT2D eigenvalue weighted by Crippen LogP contribution is 2.36. The van der Waals surface area contributed by atoms with Crippen LogP contribution in [0.5, 0.6) is 0 Å². The summed E-state index contributed by atoms with van der Waals surface area (Å²) in [6, 6.07) is 26.2. The molecule has 0 spiro atoms. The average molecular weight is 659 g/mol. The van der Waals surface area contributed by atoms with Crippen LogP contribution in [0.4, 0.5) is 11.8 Å². The number of hydrogen-bond acceptors (Lipinski definition) is 6. The first kappa shape index (κ1) is 33.6. The zero-order chi connectivity index (χ0) is 33.7. The van der Waals surface area contributed by atoms with Gasteiger partial charge in [-0.2, -0.15) is 4.98 Å². The Bertz CT molecular complexity index is 1820. The predicted octanol–water partition coefficient (Wildman–Crippen LogP) is 8.70. The highest BCUT2D eigenvalue weighted by atomic mass is 16.3. The molecule has 7 rings (SSSR count). The van der Waals surface area contributed by atoms with Crippen LogP contribution in [0.15, 0.2) is 79.0 Å². The van der Waals surface area contributed by atoms with Gasteiger partial charge in [-0.1, -0.05) is 73.9 Å². The maximum absolute atomic E-state index is 11.6. The molecule has 0 aliphatic heterocycles. The Labute approximate surface area is 292 Å². The molecule has 2 unspecified atom stereocenters. The lowest BCUT2D eigenvalue weighted by atomic mass is 9.83. The molecule has 7 nitrogen and oxygen atoms in total. The number of anilines is 2. The van der Waals surface area contributed by atoms with E-state index in [4.69, 9.17) is 9.97 Å². The second-order valence-corrected chi connectivity index (χ2v) is 15.0. The summed E-state index contributed by atoms with van der Waals surface area (Å²) in [5.74, 6) is 3.20. The maximum Gasteiger partial charge on any atom is 0.225 e. The van der Waals surface area contributed by atoms with Gasteiger partial charge in [0.2, 0.25) is 5.95 Å². The van der Waals surface area contributed by atoms with Crippen molar-refractivity contribution in [2.45, 2.75) is 88.2 Å². The fourth-order valence-corrected chi connectivity index (χ4v) is 8.47. The molecule has 2 fully saturated rings. The second kappa shape index (κ2) is 15.3. The van der Waals surface area contributed by atoms with Crippen LogP contribution in [0.2, 0.25) is 0 Å². The van der Waals surface area contributed by atoms with Crippen LogP contribution >= 0.6 is 0 Å². The Morgan fingerprint density at radius 2 is 1.55 bits per heavy atom. The van der Waals surface area contributed by atoms with Gasteiger partial charge in [0.1, 0.15) is 5.82 Å². The van der Waals surface area contributed by atoms with Gasteiger partial charge in [0.25, 0.3) is 0 Å². The van der Waals surface area contributed by atoms with Crippen molar-refractivity contribution in [1.29, 1.82) is 0 Å². The van der Waals surface area contributed by atoms with E-state index in [0.717, 1.165) is 54.2 Å². The van der Waals surface area contributed by atoms with E-state index in [9.17, 15) is 5.11 Å². The van der Waals surface area contributed by atoms with Crippen molar-refractivity contribution >= 4 is 33.6 Å². The fourth-order valence-electron chi connectivity index (χ4n) is 8.47. The van der Waals surface area contributed by atoms with Crippen molar-refractivity contribution in [3.63, 3.8) is 0 Å². The molecule has 7 heteroatoms. The van der Waals surface area contributed by atoms with Gasteiger partial charge in [0.05, 0.1) is 11.6 Å². The Kier molecular flexibility index (Phi) is 10.5. The van der Waals surface area contributed by atoms with Crippen LogP contribution in [0, 0.1) is 5.92 Å². The molecule has 3 aromatic carbocycles. The van der Waals surface area contributed by atoms with Crippen LogP contribution in [0.1, 0.15) is 98.8 Å². The quantitative estimate of drug-likeness (QED) is 0.125. The van der Waals surface area contributed by atoms with E-state index < -0.39 is 6.10 Å². The molecule has 2 heterocycles. The van der Waals surface area contributed by atoms with Gasteiger partial charge < -0.3 is 25.2 Å². The summed E-state index contributed by atoms with van der Waals surface area (Å²) in [5, 5.41) is 21.5. The molecule has 2 saturated carbocycles. The lowest BCUT2D eigenvalue weighted by Gasteiger charge is -2.30. The topological polar surface area (TPSA) is 78.2 Å². The van der Waals surface area contributed by atoms with E-state index in [-0.39, 0.29) is 5.92 Å². The summed E-state index contributed by atoms with van der Waals surface area (Å²) in [4.78, 5) is 11.8. The monoisotopic (exact) mass is 658 g/mol. The van der Waals surface area contributed by atoms with Crippen molar-refractivity contribution in [3.05, 3.63) is 95.7 Å². The Morgan fingerprint density at radius 1 is 0.837 bits per heavy atom. The number of aromatic nitrogens is 3. The van der Waals surface area contributed by atoms with E-state index in [1.807, 2.05) is 26.2 Å². The van der Waals surface area contributed by atoms with Crippen LogP contribution in [0.25, 0.3) is 21.8 Å². The number of aliphatic hydroxyl groups is 1. The smallest absolute Gasteiger partial charge is 0.225 e. The van der Waals surface area contributed by atoms with Gasteiger partial charge in [0, 0.05) is 62.1 Å². The van der Waals surface area contributed by atoms with Crippen LogP contribution in [0.3, 0.4) is 0 Å². The summed E-state index contributed by atoms with van der Waals surface area (Å²) < 4.78 is 2.23. The minimum atomic E-state index is -0.502. The van der Waals surface area contributed by atoms with Gasteiger partial charge >= 0.3 is 0 Å². The summed E-state index contributed by atoms with van der Waals surface area (Å²) in [5.41, 5.74) is 6.01. The third kappa shape index (κ3) is 7.79. The molecule has 2 atom stereocenters. The zero-order valence-corrected chi connectivity index (χ0v) is 29.6. The molecule has 2 aromatic heterocycles. The molecule has 2 aliphatic carbocycles. The van der Waals surface area contributed by atoms with Gasteiger partial charge in [-0.3, -0.25) is 0 Å². The number of fused-ring (bicyclic) bond motifs is 2. The summed E-state index contributed by atoms with van der Waals surface area (Å²) in [7, 11) is 6.21. The fraction of sp³-hybridized carbons (Fsp3) is 0.476. The highest BCUT2D eigenvalue weighted by Gasteiger charge is 2.25. The molecular formula is C42H54N6O. The molecule has 0 bridgehead atoms. The van der Waals surface area contributed by atoms with Crippen molar-refractivity contribution < 1.29 is 5.11 Å². The molecule has 2 aliphatic rings. The molecular weight excluding hydrogens is 605 g/mol. The van der Waals surface area contributed by atoms with E-state index in [2.05, 4.69) is 94.0 Å². The molecule has 5 aromatic rings. The third-order valence-electron chi connectivity index (χ3n) is 11.3. The number of para-hydroxylation sites is 2. The number of nitrogens with one attached hydrogen (secondary N) is 2. The standard InChI is InChI=1S/C42H54N6O/c1-47(2)41-36-14-7-9-15-38(36)45-42(46-41)44-34-23-17-29(18-24-34)26-43-27-33(37-28-48(3)39-16-10-8-13-35(37)39)25-40(49)32-21-19-31(20-22-32)30-11-5-4-6-12-30/h7-10,13-16,19-22,28-30,33-34,40,43,49H,4-6,11-12,17-18,23-27H2,1-3H3,(H,44,45,46)/t29-,33?,34+,40?. The largest absolute Gasteiger partial charge is 0.388 e. The van der Waals surface area contributed by atoms with Crippen molar-refractivity contribution in [2.24, 2.45) is 13.0 Å². The van der Waals surface area contributed by atoms with Crippen molar-refractivity contribution in [1.82, 2.24) is 19.9 Å². The molecule has 0 amide bonds. The van der Waals surface area contributed by atoms with Gasteiger partial charge in [-0.05, 0) is 98.2 Å². The number of nitrogens with zero attached hydrogens (tertiary/aromatic N) is 4. The molecule has 0 radical (unpaired) electrons. The second-order valence-electron chi connectivity index (χ2n) is 15.0. The predicted molar refractivity (Wildman–Crippen MR) is 204 cm³/mol. The average Bonchev–Trinajstić information content (AvgIpc) is 3.48. The first-order chi connectivity index (χ1) is 23.9. The Morgan fingerprint density at radius 3 is 2.31 bits per heavy atom. The van der Waals surface area contributed by atoms with E-state index in [1.54, 1.807) is 0 Å². The van der Waals surface area contributed by atoms with Crippen molar-refractivity contribution in [3.8, 4) is 0 Å². The minimum absolute atomic E-state index is 0.202. The van der Waals surface area contributed by atoms with E-state index in [0.29, 0.717) is 24.3 Å². The first-order valence-corrected chi connectivity index (χ1v) is 18.7. The van der Waals surface area contributed by atoms with Gasteiger partial charge in [0.15, 0.2) is 0 Å². The lowest BCUT2D eigenvalue weighted by Crippen LogP contribution is -2.33. The molecule has 3 N–H and O–H groups in total. The number of aryl methyl sites for hydroxylation is 1. The highest BCUT2D eigenvalue weighted by molar-refractivity contribution is 5.90. The number of benzene rings is 3. The van der Waals surface area contributed by atoms with Crippen LogP contribution < -0.4 is 15.5 Å².